The zero-order valence-electron chi connectivity index (χ0n) is 28.4. The predicted molar refractivity (Wildman–Crippen MR) is 173 cm³/mol. The van der Waals surface area contributed by atoms with Crippen LogP contribution in [0, 0.1) is 5.82 Å². The number of amides is 3. The van der Waals surface area contributed by atoms with Crippen LogP contribution in [-0.2, 0) is 30.9 Å². The number of aromatic nitrogens is 1. The molecule has 3 aliphatic rings. The van der Waals surface area contributed by atoms with Gasteiger partial charge in [-0.05, 0) is 77.3 Å². The normalized spacial score (nSPS) is 25.1. The summed E-state index contributed by atoms with van der Waals surface area (Å²) < 4.78 is 24.9. The van der Waals surface area contributed by atoms with E-state index in [2.05, 4.69) is 18.7 Å². The number of pyridine rings is 1. The van der Waals surface area contributed by atoms with Crippen LogP contribution >= 0.6 is 0 Å². The van der Waals surface area contributed by atoms with E-state index < -0.39 is 11.7 Å². The zero-order valence-corrected chi connectivity index (χ0v) is 28.4. The molecule has 2 aromatic rings. The standard InChI is InChI=1S/C35H48FN5O5/c1-22-16-38(28(17-39(22)33(44)46-34(4,5)6)18-40-23(2)24(3)45-20-31(40)43)19-30(42)41-21-35(7,8)32-29(41)14-26(15-37-32)13-25-9-11-27(36)12-10-25/h9-12,14-15,22-24,28H,13,16-21H2,1-8H3/t22-,23-,24+,28-/m1/s1. The van der Waals surface area contributed by atoms with E-state index in [-0.39, 0.29) is 60.4 Å². The largest absolute Gasteiger partial charge is 0.444 e. The topological polar surface area (TPSA) is 95.5 Å². The maximum atomic E-state index is 14.2. The highest BCUT2D eigenvalue weighted by atomic mass is 19.1. The zero-order chi connectivity index (χ0) is 33.6. The van der Waals surface area contributed by atoms with Crippen LogP contribution in [0.2, 0.25) is 0 Å². The van der Waals surface area contributed by atoms with Crippen LogP contribution in [0.5, 0.6) is 0 Å². The van der Waals surface area contributed by atoms with Gasteiger partial charge in [-0.3, -0.25) is 19.5 Å². The average molecular weight is 638 g/mol. The summed E-state index contributed by atoms with van der Waals surface area (Å²) in [7, 11) is 0. The second-order valence-electron chi connectivity index (χ2n) is 14.7. The molecule has 2 fully saturated rings. The van der Waals surface area contributed by atoms with Crippen LogP contribution in [0.25, 0.3) is 0 Å². The minimum absolute atomic E-state index is 0.0102. The van der Waals surface area contributed by atoms with Crippen molar-refractivity contribution in [3.05, 3.63) is 59.2 Å². The number of carbonyl (C=O) groups excluding carboxylic acids is 3. The van der Waals surface area contributed by atoms with Gasteiger partial charge in [0.1, 0.15) is 18.0 Å². The van der Waals surface area contributed by atoms with E-state index in [1.807, 2.05) is 63.6 Å². The van der Waals surface area contributed by atoms with Gasteiger partial charge in [0.2, 0.25) is 11.8 Å². The highest BCUT2D eigenvalue weighted by Gasteiger charge is 2.43. The number of carbonyl (C=O) groups is 3. The molecule has 46 heavy (non-hydrogen) atoms. The average Bonchev–Trinajstić information content (AvgIpc) is 3.24. The van der Waals surface area contributed by atoms with E-state index in [0.717, 1.165) is 22.5 Å². The molecule has 0 spiro atoms. The molecule has 3 amide bonds. The van der Waals surface area contributed by atoms with Crippen molar-refractivity contribution in [2.45, 2.75) is 97.1 Å². The number of hydrogen-bond acceptors (Lipinski definition) is 7. The number of fused-ring (bicyclic) bond motifs is 1. The van der Waals surface area contributed by atoms with Crippen LogP contribution in [0.1, 0.15) is 72.2 Å². The van der Waals surface area contributed by atoms with Gasteiger partial charge in [0, 0.05) is 49.9 Å². The molecule has 0 aliphatic carbocycles. The Morgan fingerprint density at radius 1 is 1.09 bits per heavy atom. The molecule has 4 atom stereocenters. The second kappa shape index (κ2) is 12.9. The Bertz CT molecular complexity index is 1460. The molecule has 10 nitrogen and oxygen atoms in total. The van der Waals surface area contributed by atoms with Gasteiger partial charge < -0.3 is 24.2 Å². The summed E-state index contributed by atoms with van der Waals surface area (Å²) in [5, 5.41) is 0. The highest BCUT2D eigenvalue weighted by molar-refractivity contribution is 5.97. The van der Waals surface area contributed by atoms with Crippen LogP contribution in [0.3, 0.4) is 0 Å². The molecule has 0 unspecified atom stereocenters. The van der Waals surface area contributed by atoms with Crippen molar-refractivity contribution in [2.24, 2.45) is 0 Å². The molecule has 0 radical (unpaired) electrons. The number of anilines is 1. The van der Waals surface area contributed by atoms with E-state index in [9.17, 15) is 18.8 Å². The van der Waals surface area contributed by atoms with Crippen molar-refractivity contribution in [3.8, 4) is 0 Å². The molecule has 11 heteroatoms. The second-order valence-corrected chi connectivity index (χ2v) is 14.7. The van der Waals surface area contributed by atoms with Crippen LogP contribution in [0.4, 0.5) is 14.9 Å². The molecule has 0 N–H and O–H groups in total. The molecular formula is C35H48FN5O5. The van der Waals surface area contributed by atoms with Gasteiger partial charge >= 0.3 is 6.09 Å². The van der Waals surface area contributed by atoms with E-state index >= 15 is 0 Å². The van der Waals surface area contributed by atoms with Gasteiger partial charge in [-0.1, -0.05) is 26.0 Å². The third-order valence-corrected chi connectivity index (χ3v) is 9.32. The third-order valence-electron chi connectivity index (χ3n) is 9.32. The first-order valence-electron chi connectivity index (χ1n) is 16.2. The van der Waals surface area contributed by atoms with Crippen molar-refractivity contribution < 1.29 is 28.2 Å². The molecule has 250 valence electrons. The summed E-state index contributed by atoms with van der Waals surface area (Å²) in [6.07, 6.45) is 1.88. The smallest absolute Gasteiger partial charge is 0.410 e. The molecular weight excluding hydrogens is 589 g/mol. The van der Waals surface area contributed by atoms with Crippen molar-refractivity contribution >= 4 is 23.6 Å². The molecule has 1 aromatic heterocycles. The first kappa shape index (κ1) is 33.8. The lowest BCUT2D eigenvalue weighted by Gasteiger charge is -2.48. The summed E-state index contributed by atoms with van der Waals surface area (Å²) in [5.74, 6) is -0.449. The number of nitrogens with zero attached hydrogens (tertiary/aromatic N) is 5. The highest BCUT2D eigenvalue weighted by Crippen LogP contribution is 2.40. The Labute approximate surface area is 271 Å². The Morgan fingerprint density at radius 2 is 1.78 bits per heavy atom. The van der Waals surface area contributed by atoms with E-state index in [1.165, 1.54) is 12.1 Å². The summed E-state index contributed by atoms with van der Waals surface area (Å²) in [6, 6.07) is 7.79. The summed E-state index contributed by atoms with van der Waals surface area (Å²) >= 11 is 0. The fraction of sp³-hybridized carbons (Fsp3) is 0.600. The molecule has 5 rings (SSSR count). The first-order chi connectivity index (χ1) is 21.5. The summed E-state index contributed by atoms with van der Waals surface area (Å²) in [4.78, 5) is 52.7. The molecule has 1 aromatic carbocycles. The lowest BCUT2D eigenvalue weighted by molar-refractivity contribution is -0.156. The van der Waals surface area contributed by atoms with Gasteiger partial charge in [-0.25, -0.2) is 9.18 Å². The Balaban J connectivity index is 1.39. The Kier molecular flexibility index (Phi) is 9.48. The number of hydrogen-bond donors (Lipinski definition) is 0. The van der Waals surface area contributed by atoms with Crippen molar-refractivity contribution in [1.82, 2.24) is 19.7 Å². The van der Waals surface area contributed by atoms with E-state index in [0.29, 0.717) is 32.6 Å². The van der Waals surface area contributed by atoms with E-state index in [1.54, 1.807) is 17.0 Å². The fourth-order valence-corrected chi connectivity index (χ4v) is 6.65. The van der Waals surface area contributed by atoms with Crippen molar-refractivity contribution in [1.29, 1.82) is 0 Å². The molecule has 0 saturated carbocycles. The number of rotatable bonds is 6. The Hall–Kier alpha value is -3.57. The number of halogens is 1. The summed E-state index contributed by atoms with van der Waals surface area (Å²) in [6.45, 7) is 17.3. The van der Waals surface area contributed by atoms with Gasteiger partial charge in [0.15, 0.2) is 0 Å². The van der Waals surface area contributed by atoms with Crippen LogP contribution in [-0.4, -0.2) is 107 Å². The Morgan fingerprint density at radius 3 is 2.46 bits per heavy atom. The van der Waals surface area contributed by atoms with Gasteiger partial charge in [0.25, 0.3) is 0 Å². The number of piperazine rings is 1. The summed E-state index contributed by atoms with van der Waals surface area (Å²) in [5.41, 5.74) is 2.56. The molecule has 3 aliphatic heterocycles. The maximum Gasteiger partial charge on any atom is 0.410 e. The first-order valence-corrected chi connectivity index (χ1v) is 16.2. The van der Waals surface area contributed by atoms with Gasteiger partial charge in [0.05, 0.1) is 30.1 Å². The SMILES string of the molecule is C[C@@H]1OCC(=O)N(C[C@H]2CN(C(=O)OC(C)(C)C)[C@H](C)CN2CC(=O)N2CC(C)(C)c3ncc(Cc4ccc(F)cc4)cc32)[C@@H]1C. The van der Waals surface area contributed by atoms with Gasteiger partial charge in [-0.15, -0.1) is 0 Å². The number of benzene rings is 1. The third kappa shape index (κ3) is 7.36. The lowest BCUT2D eigenvalue weighted by atomic mass is 9.91. The predicted octanol–water partition coefficient (Wildman–Crippen LogP) is 4.38. The molecule has 4 heterocycles. The van der Waals surface area contributed by atoms with Gasteiger partial charge in [-0.2, -0.15) is 0 Å². The van der Waals surface area contributed by atoms with Crippen molar-refractivity contribution in [3.63, 3.8) is 0 Å². The van der Waals surface area contributed by atoms with Crippen molar-refractivity contribution in [2.75, 3.05) is 44.2 Å². The quantitative estimate of drug-likeness (QED) is 0.464. The minimum Gasteiger partial charge on any atom is -0.444 e. The maximum absolute atomic E-state index is 14.2. The van der Waals surface area contributed by atoms with Crippen LogP contribution in [0.15, 0.2) is 36.5 Å². The number of morpholine rings is 1. The minimum atomic E-state index is -0.650. The molecule has 2 saturated heterocycles. The fourth-order valence-electron chi connectivity index (χ4n) is 6.65. The monoisotopic (exact) mass is 637 g/mol. The van der Waals surface area contributed by atoms with Crippen LogP contribution < -0.4 is 4.90 Å². The molecule has 0 bridgehead atoms. The lowest BCUT2D eigenvalue weighted by Crippen LogP contribution is -2.65. The number of ether oxygens (including phenoxy) is 2. The van der Waals surface area contributed by atoms with E-state index in [4.69, 9.17) is 14.5 Å².